The second-order valence-corrected chi connectivity index (χ2v) is 5.29. The maximum Gasteiger partial charge on any atom is 0.416 e. The second-order valence-electron chi connectivity index (χ2n) is 3.62. The third-order valence-corrected chi connectivity index (χ3v) is 2.62. The van der Waals surface area contributed by atoms with E-state index in [4.69, 9.17) is 10.6 Å². The predicted octanol–water partition coefficient (Wildman–Crippen LogP) is 3.33. The summed E-state index contributed by atoms with van der Waals surface area (Å²) >= 11 is -0.572. The Morgan fingerprint density at radius 2 is 1.94 bits per heavy atom. The first kappa shape index (κ1) is 14.9. The molecule has 0 aliphatic rings. The van der Waals surface area contributed by atoms with E-state index >= 15 is 0 Å². The average Bonchev–Trinajstić information content (AvgIpc) is 2.25. The molecular formula is C12H11F4OS+. The molecule has 0 heterocycles. The van der Waals surface area contributed by atoms with Gasteiger partial charge in [-0.25, -0.2) is 4.39 Å². The summed E-state index contributed by atoms with van der Waals surface area (Å²) in [6, 6.07) is 2.10. The summed E-state index contributed by atoms with van der Waals surface area (Å²) < 4.78 is 56.3. The van der Waals surface area contributed by atoms with Crippen molar-refractivity contribution in [3.05, 3.63) is 35.1 Å². The number of terminal acetylenes is 1. The first-order valence-electron chi connectivity index (χ1n) is 4.83. The minimum atomic E-state index is -4.54. The Morgan fingerprint density at radius 1 is 1.33 bits per heavy atom. The summed E-state index contributed by atoms with van der Waals surface area (Å²) in [5.74, 6) is 1.34. The molecule has 0 saturated heterocycles. The molecule has 1 nitrogen and oxygen atoms in total. The van der Waals surface area contributed by atoms with Crippen LogP contribution in [-0.4, -0.2) is 12.5 Å². The largest absolute Gasteiger partial charge is 0.416 e. The smallest absolute Gasteiger partial charge is 0.207 e. The molecule has 1 atom stereocenters. The van der Waals surface area contributed by atoms with E-state index in [9.17, 15) is 17.6 Å². The van der Waals surface area contributed by atoms with E-state index in [-0.39, 0.29) is 5.56 Å². The lowest BCUT2D eigenvalue weighted by molar-refractivity contribution is -0.137. The Bertz CT molecular complexity index is 462. The fraction of sp³-hybridized carbons (Fsp3) is 0.333. The molecule has 0 radical (unpaired) electrons. The van der Waals surface area contributed by atoms with Crippen molar-refractivity contribution >= 4 is 11.2 Å². The van der Waals surface area contributed by atoms with Crippen LogP contribution in [0.25, 0.3) is 0 Å². The highest BCUT2D eigenvalue weighted by atomic mass is 32.2. The molecule has 0 fully saturated rings. The molecule has 6 heteroatoms. The molecule has 0 N–H and O–H groups in total. The van der Waals surface area contributed by atoms with Gasteiger partial charge in [-0.1, -0.05) is 5.92 Å². The second kappa shape index (κ2) is 5.63. The fourth-order valence-corrected chi connectivity index (χ4v) is 1.83. The lowest BCUT2D eigenvalue weighted by Crippen LogP contribution is -2.12. The third kappa shape index (κ3) is 3.65. The first-order valence-corrected chi connectivity index (χ1v) is 6.80. The van der Waals surface area contributed by atoms with Crippen molar-refractivity contribution in [1.29, 1.82) is 0 Å². The highest BCUT2D eigenvalue weighted by molar-refractivity contribution is 7.90. The molecule has 0 bridgehead atoms. The van der Waals surface area contributed by atoms with Crippen molar-refractivity contribution in [3.8, 4) is 12.3 Å². The van der Waals surface area contributed by atoms with Crippen LogP contribution in [0.15, 0.2) is 18.2 Å². The quantitative estimate of drug-likeness (QED) is 0.468. The zero-order valence-corrected chi connectivity index (χ0v) is 10.5. The van der Waals surface area contributed by atoms with Crippen LogP contribution in [0.2, 0.25) is 0 Å². The van der Waals surface area contributed by atoms with Crippen LogP contribution in [0.1, 0.15) is 17.2 Å². The molecule has 0 saturated carbocycles. The standard InChI is InChI=1S/C12H11F4OS/c1-4-11(17-18(2)3)9-7-8(12(14,15)16)5-6-10(9)13/h1,5-7,11H,2-3H3/q+1. The number of hydrogen-bond acceptors (Lipinski definition) is 1. The molecular weight excluding hydrogens is 268 g/mol. The monoisotopic (exact) mass is 279 g/mol. The molecule has 18 heavy (non-hydrogen) atoms. The molecule has 1 rings (SSSR count). The zero-order chi connectivity index (χ0) is 13.9. The molecule has 98 valence electrons. The van der Waals surface area contributed by atoms with Gasteiger partial charge < -0.3 is 0 Å². The molecule has 0 aliphatic heterocycles. The van der Waals surface area contributed by atoms with E-state index in [0.29, 0.717) is 12.1 Å². The summed E-state index contributed by atoms with van der Waals surface area (Å²) in [5.41, 5.74) is -1.22. The minimum absolute atomic E-state index is 0.270. The molecule has 1 aromatic rings. The summed E-state index contributed by atoms with van der Waals surface area (Å²) in [6.45, 7) is 0. The number of halogens is 4. The molecule has 0 amide bonds. The van der Waals surface area contributed by atoms with Gasteiger partial charge in [0.05, 0.1) is 5.56 Å². The number of benzene rings is 1. The van der Waals surface area contributed by atoms with Crippen molar-refractivity contribution in [2.75, 3.05) is 12.5 Å². The van der Waals surface area contributed by atoms with E-state index in [0.717, 1.165) is 6.07 Å². The van der Waals surface area contributed by atoms with E-state index in [1.165, 1.54) is 0 Å². The third-order valence-electron chi connectivity index (χ3n) is 2.05. The Labute approximate surface area is 106 Å². The topological polar surface area (TPSA) is 9.23 Å². The van der Waals surface area contributed by atoms with Gasteiger partial charge in [0.1, 0.15) is 29.5 Å². The van der Waals surface area contributed by atoms with Crippen molar-refractivity contribution < 1.29 is 21.7 Å². The van der Waals surface area contributed by atoms with Crippen LogP contribution < -0.4 is 0 Å². The van der Waals surface area contributed by atoms with Crippen molar-refractivity contribution in [3.63, 3.8) is 0 Å². The van der Waals surface area contributed by atoms with Crippen LogP contribution in [-0.2, 0) is 21.5 Å². The highest BCUT2D eigenvalue weighted by Crippen LogP contribution is 2.32. The van der Waals surface area contributed by atoms with E-state index in [2.05, 4.69) is 5.92 Å². The van der Waals surface area contributed by atoms with Gasteiger partial charge in [0.15, 0.2) is 0 Å². The van der Waals surface area contributed by atoms with E-state index < -0.39 is 34.8 Å². The Morgan fingerprint density at radius 3 is 2.39 bits per heavy atom. The van der Waals surface area contributed by atoms with Crippen LogP contribution in [0, 0.1) is 18.2 Å². The van der Waals surface area contributed by atoms with Gasteiger partial charge in [0.25, 0.3) is 0 Å². The fourth-order valence-electron chi connectivity index (χ4n) is 1.28. The van der Waals surface area contributed by atoms with Gasteiger partial charge in [0, 0.05) is 5.56 Å². The van der Waals surface area contributed by atoms with E-state index in [1.807, 2.05) is 0 Å². The van der Waals surface area contributed by atoms with Gasteiger partial charge in [-0.15, -0.1) is 6.42 Å². The zero-order valence-electron chi connectivity index (χ0n) is 9.72. The van der Waals surface area contributed by atoms with Crippen molar-refractivity contribution in [2.45, 2.75) is 12.3 Å². The summed E-state index contributed by atoms with van der Waals surface area (Å²) in [5, 5.41) is 0. The maximum atomic E-state index is 13.5. The van der Waals surface area contributed by atoms with Crippen molar-refractivity contribution in [2.24, 2.45) is 0 Å². The number of alkyl halides is 3. The van der Waals surface area contributed by atoms with Gasteiger partial charge in [-0.3, -0.25) is 0 Å². The number of hydrogen-bond donors (Lipinski definition) is 0. The molecule has 1 aromatic carbocycles. The first-order chi connectivity index (χ1) is 8.25. The van der Waals surface area contributed by atoms with Gasteiger partial charge in [-0.05, 0) is 18.2 Å². The lowest BCUT2D eigenvalue weighted by atomic mass is 10.1. The predicted molar refractivity (Wildman–Crippen MR) is 63.3 cm³/mol. The van der Waals surface area contributed by atoms with Crippen LogP contribution in [0.5, 0.6) is 0 Å². The molecule has 1 unspecified atom stereocenters. The van der Waals surface area contributed by atoms with Gasteiger partial charge in [-0.2, -0.15) is 17.4 Å². The Hall–Kier alpha value is -1.19. The molecule has 0 aliphatic carbocycles. The van der Waals surface area contributed by atoms with Crippen LogP contribution >= 0.6 is 0 Å². The average molecular weight is 279 g/mol. The summed E-state index contributed by atoms with van der Waals surface area (Å²) in [6.07, 6.45) is 2.88. The minimum Gasteiger partial charge on any atom is -0.207 e. The lowest BCUT2D eigenvalue weighted by Gasteiger charge is -2.12. The maximum absolute atomic E-state index is 13.5. The Balaban J connectivity index is 3.18. The van der Waals surface area contributed by atoms with Gasteiger partial charge in [0.2, 0.25) is 6.10 Å². The Kier molecular flexibility index (Phi) is 4.65. The van der Waals surface area contributed by atoms with Gasteiger partial charge >= 0.3 is 6.18 Å². The summed E-state index contributed by atoms with van der Waals surface area (Å²) in [4.78, 5) is 0. The molecule has 0 aromatic heterocycles. The number of rotatable bonds is 3. The molecule has 0 spiro atoms. The normalized spacial score (nSPS) is 13.4. The SMILES string of the molecule is C#CC(O[S+](C)C)c1cc(C(F)(F)F)ccc1F. The van der Waals surface area contributed by atoms with Crippen LogP contribution in [0.3, 0.4) is 0 Å². The van der Waals surface area contributed by atoms with Crippen molar-refractivity contribution in [1.82, 2.24) is 0 Å². The van der Waals surface area contributed by atoms with E-state index in [1.54, 1.807) is 12.5 Å². The summed E-state index contributed by atoms with van der Waals surface area (Å²) in [7, 11) is 0. The van der Waals surface area contributed by atoms with Crippen LogP contribution in [0.4, 0.5) is 17.6 Å². The highest BCUT2D eigenvalue weighted by Gasteiger charge is 2.32.